The molecule has 21 heavy (non-hydrogen) atoms. The van der Waals surface area contributed by atoms with Crippen LogP contribution in [-0.4, -0.2) is 41.9 Å². The van der Waals surface area contributed by atoms with Gasteiger partial charge in [-0.3, -0.25) is 9.78 Å². The Morgan fingerprint density at radius 1 is 1.19 bits per heavy atom. The highest BCUT2D eigenvalue weighted by molar-refractivity contribution is 7.13. The number of ketones is 1. The van der Waals surface area contributed by atoms with Crippen molar-refractivity contribution >= 4 is 27.9 Å². The van der Waals surface area contributed by atoms with Gasteiger partial charge in [0.15, 0.2) is 10.9 Å². The third-order valence-corrected chi connectivity index (χ3v) is 4.52. The minimum absolute atomic E-state index is 0.0927. The zero-order valence-corrected chi connectivity index (χ0v) is 12.8. The van der Waals surface area contributed by atoms with Crippen LogP contribution in [0.2, 0.25) is 0 Å². The number of anilines is 2. The fraction of sp³-hybridized carbons (Fsp3) is 0.400. The van der Waals surface area contributed by atoms with Crippen LogP contribution in [0.3, 0.4) is 0 Å². The van der Waals surface area contributed by atoms with Gasteiger partial charge in [-0.15, -0.1) is 11.3 Å². The molecule has 2 aromatic heterocycles. The molecule has 0 saturated carbocycles. The number of aromatic nitrogens is 2. The molecule has 6 heteroatoms. The molecule has 0 aliphatic carbocycles. The molecule has 5 nitrogen and oxygen atoms in total. The number of rotatable bonds is 4. The van der Waals surface area contributed by atoms with Gasteiger partial charge in [0.05, 0.1) is 11.9 Å². The predicted octanol–water partition coefficient (Wildman–Crippen LogP) is 2.46. The van der Waals surface area contributed by atoms with Crippen LogP contribution in [0.4, 0.5) is 10.8 Å². The van der Waals surface area contributed by atoms with Gasteiger partial charge in [0, 0.05) is 44.2 Å². The summed E-state index contributed by atoms with van der Waals surface area (Å²) in [6, 6.07) is 3.82. The van der Waals surface area contributed by atoms with Crippen molar-refractivity contribution < 1.29 is 4.79 Å². The maximum absolute atomic E-state index is 11.6. The molecule has 0 amide bonds. The Labute approximate surface area is 128 Å². The van der Waals surface area contributed by atoms with Gasteiger partial charge in [-0.25, -0.2) is 4.98 Å². The fourth-order valence-electron chi connectivity index (χ4n) is 2.45. The number of pyridine rings is 1. The van der Waals surface area contributed by atoms with E-state index >= 15 is 0 Å². The van der Waals surface area contributed by atoms with Gasteiger partial charge in [-0.1, -0.05) is 6.92 Å². The number of hydrogen-bond acceptors (Lipinski definition) is 6. The second-order valence-electron chi connectivity index (χ2n) is 4.97. The maximum Gasteiger partial charge on any atom is 0.185 e. The third kappa shape index (κ3) is 3.05. The Kier molecular flexibility index (Phi) is 4.15. The zero-order valence-electron chi connectivity index (χ0n) is 12.0. The lowest BCUT2D eigenvalue weighted by Crippen LogP contribution is -2.46. The van der Waals surface area contributed by atoms with E-state index in [4.69, 9.17) is 0 Å². The molecular formula is C15H18N4OS. The molecule has 3 rings (SSSR count). The number of carbonyl (C=O) groups is 1. The summed E-state index contributed by atoms with van der Waals surface area (Å²) in [7, 11) is 0. The number of hydrogen-bond donors (Lipinski definition) is 0. The summed E-state index contributed by atoms with van der Waals surface area (Å²) in [5, 5.41) is 3.10. The van der Waals surface area contributed by atoms with Crippen molar-refractivity contribution in [2.24, 2.45) is 0 Å². The monoisotopic (exact) mass is 302 g/mol. The fourth-order valence-corrected chi connectivity index (χ4v) is 3.14. The Morgan fingerprint density at radius 2 is 1.95 bits per heavy atom. The first-order chi connectivity index (χ1) is 10.3. The van der Waals surface area contributed by atoms with E-state index in [9.17, 15) is 4.79 Å². The third-order valence-electron chi connectivity index (χ3n) is 3.69. The number of Topliss-reactive ketones (excluding diaryl/α,β-unsaturated/α-hetero) is 1. The molecule has 0 N–H and O–H groups in total. The zero-order chi connectivity index (χ0) is 14.7. The highest BCUT2D eigenvalue weighted by Crippen LogP contribution is 2.21. The topological polar surface area (TPSA) is 49.3 Å². The molecule has 0 radical (unpaired) electrons. The molecule has 0 spiro atoms. The van der Waals surface area contributed by atoms with E-state index in [0.717, 1.165) is 37.0 Å². The van der Waals surface area contributed by atoms with Gasteiger partial charge in [-0.05, 0) is 12.1 Å². The largest absolute Gasteiger partial charge is 0.367 e. The van der Waals surface area contributed by atoms with Crippen molar-refractivity contribution in [2.75, 3.05) is 36.0 Å². The summed E-state index contributed by atoms with van der Waals surface area (Å²) in [5.74, 6) is 0.0927. The van der Waals surface area contributed by atoms with Crippen molar-refractivity contribution in [1.29, 1.82) is 0 Å². The van der Waals surface area contributed by atoms with E-state index in [1.807, 2.05) is 36.8 Å². The highest BCUT2D eigenvalue weighted by atomic mass is 32.1. The SMILES string of the molecule is CCC(=O)c1ccc(N2CCN(c3nccs3)CC2)cn1. The van der Waals surface area contributed by atoms with Gasteiger partial charge in [0.1, 0.15) is 5.69 Å². The summed E-state index contributed by atoms with van der Waals surface area (Å²) in [5.41, 5.74) is 1.64. The van der Waals surface area contributed by atoms with Crippen LogP contribution in [0.25, 0.3) is 0 Å². The van der Waals surface area contributed by atoms with E-state index < -0.39 is 0 Å². The van der Waals surface area contributed by atoms with Crippen molar-refractivity contribution in [3.05, 3.63) is 35.6 Å². The van der Waals surface area contributed by atoms with Crippen molar-refractivity contribution in [1.82, 2.24) is 9.97 Å². The summed E-state index contributed by atoms with van der Waals surface area (Å²) in [6.07, 6.45) is 4.15. The molecule has 110 valence electrons. The smallest absolute Gasteiger partial charge is 0.185 e. The first kappa shape index (κ1) is 14.0. The molecule has 3 heterocycles. The summed E-state index contributed by atoms with van der Waals surface area (Å²) in [4.78, 5) is 24.8. The number of nitrogens with zero attached hydrogens (tertiary/aromatic N) is 4. The minimum Gasteiger partial charge on any atom is -0.367 e. The Bertz CT molecular complexity index is 589. The van der Waals surface area contributed by atoms with Gasteiger partial charge < -0.3 is 9.80 Å². The van der Waals surface area contributed by atoms with Gasteiger partial charge >= 0.3 is 0 Å². The standard InChI is InChI=1S/C15H18N4OS/c1-2-14(20)13-4-3-12(11-17-13)18-6-8-19(9-7-18)15-16-5-10-21-15/h3-5,10-11H,2,6-9H2,1H3. The Morgan fingerprint density at radius 3 is 2.52 bits per heavy atom. The first-order valence-corrected chi connectivity index (χ1v) is 8.04. The average Bonchev–Trinajstić information content (AvgIpc) is 3.09. The lowest BCUT2D eigenvalue weighted by atomic mass is 10.2. The summed E-state index contributed by atoms with van der Waals surface area (Å²) < 4.78 is 0. The van der Waals surface area contributed by atoms with Crippen molar-refractivity contribution in [2.45, 2.75) is 13.3 Å². The van der Waals surface area contributed by atoms with Crippen molar-refractivity contribution in [3.63, 3.8) is 0 Å². The minimum atomic E-state index is 0.0927. The second-order valence-corrected chi connectivity index (χ2v) is 5.84. The molecule has 1 aliphatic rings. The van der Waals surface area contributed by atoms with Crippen LogP contribution in [0.1, 0.15) is 23.8 Å². The van der Waals surface area contributed by atoms with E-state index in [0.29, 0.717) is 12.1 Å². The van der Waals surface area contributed by atoms with Crippen LogP contribution >= 0.6 is 11.3 Å². The van der Waals surface area contributed by atoms with Crippen LogP contribution in [-0.2, 0) is 0 Å². The average molecular weight is 302 g/mol. The molecule has 1 aliphatic heterocycles. The van der Waals surface area contributed by atoms with E-state index in [1.165, 1.54) is 0 Å². The molecule has 0 unspecified atom stereocenters. The molecule has 0 atom stereocenters. The van der Waals surface area contributed by atoms with E-state index in [2.05, 4.69) is 19.8 Å². The molecule has 1 saturated heterocycles. The van der Waals surface area contributed by atoms with E-state index in [1.54, 1.807) is 11.3 Å². The van der Waals surface area contributed by atoms with Crippen LogP contribution < -0.4 is 9.80 Å². The molecule has 0 aromatic carbocycles. The molecule has 2 aromatic rings. The highest BCUT2D eigenvalue weighted by Gasteiger charge is 2.19. The molecular weight excluding hydrogens is 284 g/mol. The normalized spacial score (nSPS) is 15.3. The number of piperazine rings is 1. The number of carbonyl (C=O) groups excluding carboxylic acids is 1. The van der Waals surface area contributed by atoms with Crippen LogP contribution in [0, 0.1) is 0 Å². The van der Waals surface area contributed by atoms with Crippen LogP contribution in [0.5, 0.6) is 0 Å². The van der Waals surface area contributed by atoms with E-state index in [-0.39, 0.29) is 5.78 Å². The van der Waals surface area contributed by atoms with Crippen molar-refractivity contribution in [3.8, 4) is 0 Å². The van der Waals surface area contributed by atoms with Gasteiger partial charge in [0.25, 0.3) is 0 Å². The quantitative estimate of drug-likeness (QED) is 0.812. The Balaban J connectivity index is 1.63. The molecule has 1 fully saturated rings. The molecule has 0 bridgehead atoms. The maximum atomic E-state index is 11.6. The number of thiazole rings is 1. The summed E-state index contributed by atoms with van der Waals surface area (Å²) >= 11 is 1.68. The van der Waals surface area contributed by atoms with Gasteiger partial charge in [-0.2, -0.15) is 0 Å². The summed E-state index contributed by atoms with van der Waals surface area (Å²) in [6.45, 7) is 5.67. The first-order valence-electron chi connectivity index (χ1n) is 7.16. The van der Waals surface area contributed by atoms with Crippen LogP contribution in [0.15, 0.2) is 29.9 Å². The Hall–Kier alpha value is -1.95. The predicted molar refractivity (Wildman–Crippen MR) is 85.4 cm³/mol. The van der Waals surface area contributed by atoms with Gasteiger partial charge in [0.2, 0.25) is 0 Å². The lowest BCUT2D eigenvalue weighted by molar-refractivity contribution is 0.0983. The second kappa shape index (κ2) is 6.22. The lowest BCUT2D eigenvalue weighted by Gasteiger charge is -2.35.